The van der Waals surface area contributed by atoms with Crippen LogP contribution in [0, 0.1) is 0 Å². The third-order valence-corrected chi connectivity index (χ3v) is 5.65. The molecule has 29 heavy (non-hydrogen) atoms. The van der Waals surface area contributed by atoms with Crippen LogP contribution < -0.4 is 4.90 Å². The summed E-state index contributed by atoms with van der Waals surface area (Å²) in [5.74, 6) is 0.654. The van der Waals surface area contributed by atoms with Gasteiger partial charge in [-0.25, -0.2) is 4.98 Å². The van der Waals surface area contributed by atoms with Gasteiger partial charge in [-0.1, -0.05) is 23.7 Å². The first-order valence-corrected chi connectivity index (χ1v) is 10.3. The van der Waals surface area contributed by atoms with Gasteiger partial charge in [0.05, 0.1) is 5.69 Å². The van der Waals surface area contributed by atoms with Crippen molar-refractivity contribution >= 4 is 23.1 Å². The fourth-order valence-corrected chi connectivity index (χ4v) is 3.84. The van der Waals surface area contributed by atoms with E-state index < -0.39 is 0 Å². The van der Waals surface area contributed by atoms with Crippen LogP contribution in [0.3, 0.4) is 0 Å². The number of H-pyrrole nitrogens is 1. The number of Topliss-reactive ketones (excluding diaryl/α,β-unsaturated/α-hetero) is 1. The molecule has 2 heterocycles. The predicted molar refractivity (Wildman–Crippen MR) is 119 cm³/mol. The molecule has 0 saturated carbocycles. The summed E-state index contributed by atoms with van der Waals surface area (Å²) in [7, 11) is 2.17. The second kappa shape index (κ2) is 8.39. The Morgan fingerprint density at radius 3 is 2.34 bits per heavy atom. The molecular formula is C23H25ClN4O. The third kappa shape index (κ3) is 4.36. The second-order valence-corrected chi connectivity index (χ2v) is 8.00. The summed E-state index contributed by atoms with van der Waals surface area (Å²) < 4.78 is 0. The van der Waals surface area contributed by atoms with Crippen LogP contribution >= 0.6 is 11.6 Å². The van der Waals surface area contributed by atoms with E-state index in [9.17, 15) is 4.79 Å². The second-order valence-electron chi connectivity index (χ2n) is 7.56. The summed E-state index contributed by atoms with van der Waals surface area (Å²) >= 11 is 6.00. The van der Waals surface area contributed by atoms with Crippen molar-refractivity contribution in [1.82, 2.24) is 14.9 Å². The zero-order chi connectivity index (χ0) is 20.4. The van der Waals surface area contributed by atoms with Crippen molar-refractivity contribution in [2.24, 2.45) is 0 Å². The molecule has 0 unspecified atom stereocenters. The lowest BCUT2D eigenvalue weighted by Gasteiger charge is -2.22. The van der Waals surface area contributed by atoms with Crippen LogP contribution in [0.5, 0.6) is 0 Å². The van der Waals surface area contributed by atoms with Gasteiger partial charge in [-0.15, -0.1) is 0 Å². The van der Waals surface area contributed by atoms with Gasteiger partial charge >= 0.3 is 0 Å². The lowest BCUT2D eigenvalue weighted by Crippen LogP contribution is -2.28. The number of nitrogens with zero attached hydrogens (tertiary/aromatic N) is 3. The van der Waals surface area contributed by atoms with Gasteiger partial charge in [-0.2, -0.15) is 0 Å². The first-order valence-electron chi connectivity index (χ1n) is 9.92. The van der Waals surface area contributed by atoms with Gasteiger partial charge in [0.1, 0.15) is 11.5 Å². The van der Waals surface area contributed by atoms with Gasteiger partial charge in [0.15, 0.2) is 5.78 Å². The van der Waals surface area contributed by atoms with Crippen molar-refractivity contribution in [2.45, 2.75) is 13.3 Å². The number of hydrogen-bond acceptors (Lipinski definition) is 4. The SMILES string of the molecule is CC(=O)c1[nH]c(-c2ccc(N3CCCN(C)CC3)cc2)nc1-c1ccc(Cl)cc1. The Bertz CT molecular complexity index is 995. The van der Waals surface area contributed by atoms with E-state index in [1.54, 1.807) is 6.92 Å². The number of carbonyl (C=O) groups is 1. The Morgan fingerprint density at radius 1 is 0.966 bits per heavy atom. The highest BCUT2D eigenvalue weighted by Crippen LogP contribution is 2.29. The van der Waals surface area contributed by atoms with Crippen molar-refractivity contribution in [3.63, 3.8) is 0 Å². The Morgan fingerprint density at radius 2 is 1.66 bits per heavy atom. The maximum absolute atomic E-state index is 12.2. The van der Waals surface area contributed by atoms with E-state index in [1.165, 1.54) is 12.1 Å². The fourth-order valence-electron chi connectivity index (χ4n) is 3.72. The minimum atomic E-state index is -0.0426. The van der Waals surface area contributed by atoms with Crippen LogP contribution in [-0.4, -0.2) is 53.9 Å². The van der Waals surface area contributed by atoms with Gasteiger partial charge in [0.2, 0.25) is 0 Å². The van der Waals surface area contributed by atoms with E-state index in [1.807, 2.05) is 24.3 Å². The van der Waals surface area contributed by atoms with E-state index in [0.29, 0.717) is 22.2 Å². The molecule has 0 atom stereocenters. The fraction of sp³-hybridized carbons (Fsp3) is 0.304. The van der Waals surface area contributed by atoms with Crippen LogP contribution in [0.15, 0.2) is 48.5 Å². The highest BCUT2D eigenvalue weighted by atomic mass is 35.5. The van der Waals surface area contributed by atoms with E-state index in [-0.39, 0.29) is 5.78 Å². The summed E-state index contributed by atoms with van der Waals surface area (Å²) in [5, 5.41) is 0.657. The third-order valence-electron chi connectivity index (χ3n) is 5.40. The molecule has 1 aromatic heterocycles. The first-order chi connectivity index (χ1) is 14.0. The molecule has 1 N–H and O–H groups in total. The minimum Gasteiger partial charge on any atom is -0.370 e. The molecule has 1 saturated heterocycles. The number of anilines is 1. The smallest absolute Gasteiger partial charge is 0.178 e. The molecule has 0 spiro atoms. The quantitative estimate of drug-likeness (QED) is 0.633. The Balaban J connectivity index is 1.62. The van der Waals surface area contributed by atoms with E-state index in [0.717, 1.165) is 37.3 Å². The molecular weight excluding hydrogens is 384 g/mol. The number of imidazole rings is 1. The van der Waals surface area contributed by atoms with Crippen molar-refractivity contribution < 1.29 is 4.79 Å². The maximum Gasteiger partial charge on any atom is 0.178 e. The number of rotatable bonds is 4. The Hall–Kier alpha value is -2.63. The molecule has 0 bridgehead atoms. The Labute approximate surface area is 176 Å². The zero-order valence-corrected chi connectivity index (χ0v) is 17.5. The maximum atomic E-state index is 12.2. The zero-order valence-electron chi connectivity index (χ0n) is 16.8. The summed E-state index contributed by atoms with van der Waals surface area (Å²) in [6.07, 6.45) is 1.17. The predicted octanol–water partition coefficient (Wildman–Crippen LogP) is 4.74. The number of aromatic amines is 1. The lowest BCUT2D eigenvalue weighted by atomic mass is 10.1. The van der Waals surface area contributed by atoms with E-state index in [2.05, 4.69) is 46.1 Å². The van der Waals surface area contributed by atoms with Gasteiger partial charge in [0, 0.05) is 48.4 Å². The number of halogens is 1. The molecule has 2 aromatic carbocycles. The lowest BCUT2D eigenvalue weighted by molar-refractivity contribution is 0.101. The van der Waals surface area contributed by atoms with Crippen LogP contribution in [0.25, 0.3) is 22.6 Å². The highest BCUT2D eigenvalue weighted by molar-refractivity contribution is 6.30. The molecule has 1 aliphatic rings. The molecule has 150 valence electrons. The highest BCUT2D eigenvalue weighted by Gasteiger charge is 2.17. The molecule has 1 aliphatic heterocycles. The van der Waals surface area contributed by atoms with Crippen LogP contribution in [-0.2, 0) is 0 Å². The molecule has 0 radical (unpaired) electrons. The van der Waals surface area contributed by atoms with E-state index >= 15 is 0 Å². The number of aromatic nitrogens is 2. The van der Waals surface area contributed by atoms with Gasteiger partial charge in [-0.3, -0.25) is 4.79 Å². The van der Waals surface area contributed by atoms with Crippen LogP contribution in [0.2, 0.25) is 5.02 Å². The topological polar surface area (TPSA) is 52.2 Å². The summed E-state index contributed by atoms with van der Waals surface area (Å²) in [6, 6.07) is 15.8. The molecule has 6 heteroatoms. The normalized spacial score (nSPS) is 15.3. The standard InChI is InChI=1S/C23H25ClN4O/c1-16(29)21-22(17-4-8-19(24)9-5-17)26-23(25-21)18-6-10-20(11-7-18)28-13-3-12-27(2)14-15-28/h4-11H,3,12-15H2,1-2H3,(H,25,26). The van der Waals surface area contributed by atoms with E-state index in [4.69, 9.17) is 16.6 Å². The molecule has 1 fully saturated rings. The number of nitrogens with one attached hydrogen (secondary N) is 1. The van der Waals surface area contributed by atoms with Crippen LogP contribution in [0.1, 0.15) is 23.8 Å². The minimum absolute atomic E-state index is 0.0426. The number of benzene rings is 2. The van der Waals surface area contributed by atoms with Crippen LogP contribution in [0.4, 0.5) is 5.69 Å². The monoisotopic (exact) mass is 408 g/mol. The number of carbonyl (C=O) groups excluding carboxylic acids is 1. The average Bonchev–Trinajstić information content (AvgIpc) is 3.06. The molecule has 5 nitrogen and oxygen atoms in total. The average molecular weight is 409 g/mol. The van der Waals surface area contributed by atoms with Gasteiger partial charge in [-0.05, 0) is 56.4 Å². The van der Waals surface area contributed by atoms with Gasteiger partial charge < -0.3 is 14.8 Å². The summed E-state index contributed by atoms with van der Waals surface area (Å²) in [6.45, 7) is 5.87. The number of ketones is 1. The molecule has 4 rings (SSSR count). The molecule has 0 amide bonds. The van der Waals surface area contributed by atoms with Crippen molar-refractivity contribution in [3.8, 4) is 22.6 Å². The Kier molecular flexibility index (Phi) is 5.69. The van der Waals surface area contributed by atoms with Gasteiger partial charge in [0.25, 0.3) is 0 Å². The summed E-state index contributed by atoms with van der Waals surface area (Å²) in [5.41, 5.74) is 4.22. The number of likely N-dealkylation sites (N-methyl/N-ethyl adjacent to an activating group) is 1. The van der Waals surface area contributed by atoms with Crippen molar-refractivity contribution in [1.29, 1.82) is 0 Å². The molecule has 0 aliphatic carbocycles. The van der Waals surface area contributed by atoms with Crippen molar-refractivity contribution in [2.75, 3.05) is 38.1 Å². The molecule has 3 aromatic rings. The summed E-state index contributed by atoms with van der Waals surface area (Å²) in [4.78, 5) is 24.9. The number of hydrogen-bond donors (Lipinski definition) is 1. The first kappa shape index (κ1) is 19.7. The largest absolute Gasteiger partial charge is 0.370 e. The van der Waals surface area contributed by atoms with Crippen molar-refractivity contribution in [3.05, 3.63) is 59.2 Å².